The molecule has 6 nitrogen and oxygen atoms in total. The van der Waals surface area contributed by atoms with Gasteiger partial charge in [0.05, 0.1) is 12.6 Å². The molecule has 0 spiro atoms. The summed E-state index contributed by atoms with van der Waals surface area (Å²) in [5.41, 5.74) is -0.928. The molecular weight excluding hydrogens is 250 g/mol. The first-order valence-corrected chi connectivity index (χ1v) is 6.44. The number of likely N-dealkylation sites (tertiary alicyclic amines) is 1. The van der Waals surface area contributed by atoms with Crippen molar-refractivity contribution < 1.29 is 25.5 Å². The highest BCUT2D eigenvalue weighted by Gasteiger charge is 2.41. The molecule has 1 rings (SSSR count). The van der Waals surface area contributed by atoms with E-state index in [2.05, 4.69) is 0 Å². The number of carbonyl (C=O) groups excluding carboxylic acids is 1. The van der Waals surface area contributed by atoms with E-state index in [1.165, 1.54) is 4.90 Å². The van der Waals surface area contributed by atoms with Crippen molar-refractivity contribution in [2.75, 3.05) is 13.2 Å². The molecule has 110 valence electrons. The normalized spacial score (nSPS) is 24.2. The molecule has 0 saturated carbocycles. The zero-order chi connectivity index (χ0) is 15.3. The fourth-order valence-electron chi connectivity index (χ4n) is 1.93. The smallest absolute Gasteiger partial charge is 0.411 e. The standard InChI is InChI=1S/C13H23NO5/c1-5-6-18-9-7-10(11(15)16)14(8-9)12(17)19-13(2,3)4/h9-10H,5-8H2,1-4H3,(H,15,16)/t9-,10-/m0/s1/i2D. The number of hydrogen-bond donors (Lipinski definition) is 1. The lowest BCUT2D eigenvalue weighted by Crippen LogP contribution is -2.43. The van der Waals surface area contributed by atoms with Crippen LogP contribution in [0.15, 0.2) is 0 Å². The van der Waals surface area contributed by atoms with Crippen molar-refractivity contribution in [2.45, 2.75) is 58.3 Å². The lowest BCUT2D eigenvalue weighted by molar-refractivity contribution is -0.142. The predicted molar refractivity (Wildman–Crippen MR) is 69.0 cm³/mol. The number of rotatable bonds is 4. The van der Waals surface area contributed by atoms with E-state index in [-0.39, 0.29) is 26.0 Å². The molecule has 1 N–H and O–H groups in total. The van der Waals surface area contributed by atoms with E-state index in [1.807, 2.05) is 6.92 Å². The van der Waals surface area contributed by atoms with Gasteiger partial charge >= 0.3 is 12.1 Å². The Morgan fingerprint density at radius 3 is 2.74 bits per heavy atom. The van der Waals surface area contributed by atoms with Crippen LogP contribution in [0.3, 0.4) is 0 Å². The number of ether oxygens (including phenoxy) is 2. The van der Waals surface area contributed by atoms with Crippen molar-refractivity contribution >= 4 is 12.1 Å². The molecule has 0 aromatic carbocycles. The van der Waals surface area contributed by atoms with Crippen molar-refractivity contribution in [3.63, 3.8) is 0 Å². The van der Waals surface area contributed by atoms with Crippen LogP contribution in [0.1, 0.15) is 41.9 Å². The third kappa shape index (κ3) is 4.70. The Bertz CT molecular complexity index is 361. The summed E-state index contributed by atoms with van der Waals surface area (Å²) >= 11 is 0. The Hall–Kier alpha value is -1.30. The summed E-state index contributed by atoms with van der Waals surface area (Å²) in [6.45, 7) is 5.87. The van der Waals surface area contributed by atoms with Gasteiger partial charge in [-0.1, -0.05) is 6.92 Å². The van der Waals surface area contributed by atoms with E-state index in [0.29, 0.717) is 6.61 Å². The van der Waals surface area contributed by atoms with Gasteiger partial charge in [-0.15, -0.1) is 0 Å². The molecule has 0 bridgehead atoms. The summed E-state index contributed by atoms with van der Waals surface area (Å²) in [5.74, 6) is -1.06. The zero-order valence-corrected chi connectivity index (χ0v) is 11.7. The first-order chi connectivity index (χ1) is 9.30. The van der Waals surface area contributed by atoms with Crippen molar-refractivity contribution in [3.05, 3.63) is 0 Å². The summed E-state index contributed by atoms with van der Waals surface area (Å²) < 4.78 is 18.0. The Morgan fingerprint density at radius 1 is 1.53 bits per heavy atom. The summed E-state index contributed by atoms with van der Waals surface area (Å²) in [4.78, 5) is 24.5. The molecule has 0 radical (unpaired) electrons. The minimum absolute atomic E-state index is 0.0833. The highest BCUT2D eigenvalue weighted by Crippen LogP contribution is 2.23. The molecule has 1 fully saturated rings. The number of hydrogen-bond acceptors (Lipinski definition) is 4. The molecule has 0 unspecified atom stereocenters. The number of aliphatic carboxylic acids is 1. The third-order valence-electron chi connectivity index (χ3n) is 2.70. The molecule has 2 atom stereocenters. The van der Waals surface area contributed by atoms with Crippen molar-refractivity contribution in [2.24, 2.45) is 0 Å². The predicted octanol–water partition coefficient (Wildman–Crippen LogP) is 1.88. The van der Waals surface area contributed by atoms with Gasteiger partial charge in [-0.2, -0.15) is 0 Å². The lowest BCUT2D eigenvalue weighted by atomic mass is 10.2. The van der Waals surface area contributed by atoms with Gasteiger partial charge in [-0.05, 0) is 27.2 Å². The quantitative estimate of drug-likeness (QED) is 0.847. The summed E-state index contributed by atoms with van der Waals surface area (Å²) in [7, 11) is 0. The summed E-state index contributed by atoms with van der Waals surface area (Å²) in [6, 6.07) is -0.925. The van der Waals surface area contributed by atoms with Gasteiger partial charge in [0, 0.05) is 14.4 Å². The number of carboxylic acid groups (broad SMARTS) is 1. The second-order valence-corrected chi connectivity index (χ2v) is 5.36. The van der Waals surface area contributed by atoms with Crippen molar-refractivity contribution in [1.82, 2.24) is 4.90 Å². The van der Waals surface area contributed by atoms with Crippen LogP contribution in [0.5, 0.6) is 0 Å². The van der Waals surface area contributed by atoms with Crippen molar-refractivity contribution in [3.8, 4) is 0 Å². The molecule has 0 aromatic rings. The summed E-state index contributed by atoms with van der Waals surface area (Å²) in [6.07, 6.45) is 0.135. The van der Waals surface area contributed by atoms with E-state index >= 15 is 0 Å². The Balaban J connectivity index is 2.70. The minimum Gasteiger partial charge on any atom is -0.480 e. The van der Waals surface area contributed by atoms with E-state index < -0.39 is 23.7 Å². The molecule has 0 aliphatic carbocycles. The maximum atomic E-state index is 12.1. The van der Waals surface area contributed by atoms with E-state index in [1.54, 1.807) is 13.8 Å². The number of nitrogens with zero attached hydrogens (tertiary/aromatic N) is 1. The average molecular weight is 274 g/mol. The van der Waals surface area contributed by atoms with E-state index in [4.69, 9.17) is 10.8 Å². The van der Waals surface area contributed by atoms with Gasteiger partial charge < -0.3 is 14.6 Å². The van der Waals surface area contributed by atoms with Crippen LogP contribution in [-0.4, -0.2) is 53.0 Å². The summed E-state index contributed by atoms with van der Waals surface area (Å²) in [5, 5.41) is 9.19. The Kier molecular flexibility index (Phi) is 4.63. The average Bonchev–Trinajstić information content (AvgIpc) is 2.80. The van der Waals surface area contributed by atoms with Gasteiger partial charge in [0.15, 0.2) is 0 Å². The molecule has 1 aliphatic heterocycles. The van der Waals surface area contributed by atoms with Crippen LogP contribution in [-0.2, 0) is 14.3 Å². The third-order valence-corrected chi connectivity index (χ3v) is 2.70. The highest BCUT2D eigenvalue weighted by atomic mass is 16.6. The first-order valence-electron chi connectivity index (χ1n) is 7.14. The SMILES string of the molecule is [2H]CC(C)(C)OC(=O)N1C[C@@H](OCCC)C[C@H]1C(=O)O. The molecule has 1 amide bonds. The first kappa shape index (κ1) is 14.1. The van der Waals surface area contributed by atoms with Crippen molar-refractivity contribution in [1.29, 1.82) is 0 Å². The largest absolute Gasteiger partial charge is 0.480 e. The van der Waals surface area contributed by atoms with Gasteiger partial charge in [-0.3, -0.25) is 4.90 Å². The van der Waals surface area contributed by atoms with Crippen LogP contribution in [0, 0.1) is 0 Å². The number of amides is 1. The molecule has 0 aromatic heterocycles. The van der Waals surface area contributed by atoms with Crippen LogP contribution >= 0.6 is 0 Å². The zero-order valence-electron chi connectivity index (χ0n) is 12.7. The monoisotopic (exact) mass is 274 g/mol. The fourth-order valence-corrected chi connectivity index (χ4v) is 1.93. The van der Waals surface area contributed by atoms with E-state index in [9.17, 15) is 14.7 Å². The van der Waals surface area contributed by atoms with Crippen LogP contribution in [0.4, 0.5) is 4.79 Å². The van der Waals surface area contributed by atoms with E-state index in [0.717, 1.165) is 6.42 Å². The maximum absolute atomic E-state index is 12.1. The minimum atomic E-state index is -1.06. The second kappa shape index (κ2) is 6.23. The molecular formula is C13H23NO5. The van der Waals surface area contributed by atoms with Gasteiger partial charge in [0.25, 0.3) is 0 Å². The lowest BCUT2D eigenvalue weighted by Gasteiger charge is -2.26. The van der Waals surface area contributed by atoms with Gasteiger partial charge in [0.1, 0.15) is 11.6 Å². The van der Waals surface area contributed by atoms with Gasteiger partial charge in [-0.25, -0.2) is 9.59 Å². The number of carbonyl (C=O) groups is 2. The number of carboxylic acids is 1. The molecule has 1 heterocycles. The Morgan fingerprint density at radius 2 is 2.21 bits per heavy atom. The molecule has 19 heavy (non-hydrogen) atoms. The second-order valence-electron chi connectivity index (χ2n) is 5.36. The fraction of sp³-hybridized carbons (Fsp3) is 0.846. The van der Waals surface area contributed by atoms with Crippen LogP contribution in [0.2, 0.25) is 0 Å². The molecule has 6 heteroatoms. The highest BCUT2D eigenvalue weighted by molar-refractivity contribution is 5.81. The van der Waals surface area contributed by atoms with Gasteiger partial charge in [0.2, 0.25) is 0 Å². The topological polar surface area (TPSA) is 76.1 Å². The Labute approximate surface area is 115 Å². The van der Waals surface area contributed by atoms with Crippen LogP contribution in [0.25, 0.3) is 0 Å². The maximum Gasteiger partial charge on any atom is 0.411 e. The van der Waals surface area contributed by atoms with Crippen LogP contribution < -0.4 is 0 Å². The molecule has 1 aliphatic rings. The molecule has 1 saturated heterocycles.